The Hall–Kier alpha value is -4.05. The second kappa shape index (κ2) is 10.9. The number of carbonyl (C=O) groups is 2. The monoisotopic (exact) mass is 490 g/mol. The van der Waals surface area contributed by atoms with Crippen LogP contribution in [0.1, 0.15) is 25.3 Å². The Morgan fingerprint density at radius 3 is 2.54 bits per heavy atom. The molecule has 3 amide bonds. The number of rotatable bonds is 7. The lowest BCUT2D eigenvalue weighted by atomic mass is 10.0. The second-order valence-corrected chi connectivity index (χ2v) is 8.81. The summed E-state index contributed by atoms with van der Waals surface area (Å²) in [6, 6.07) is 16.5. The van der Waals surface area contributed by atoms with Crippen LogP contribution < -0.4 is 10.6 Å². The summed E-state index contributed by atoms with van der Waals surface area (Å²) in [4.78, 5) is 28.8. The van der Waals surface area contributed by atoms with Gasteiger partial charge in [-0.15, -0.1) is 10.2 Å². The Bertz CT molecular complexity index is 1340. The van der Waals surface area contributed by atoms with Crippen molar-refractivity contribution in [1.29, 1.82) is 0 Å². The molecule has 0 spiro atoms. The predicted octanol–water partition coefficient (Wildman–Crippen LogP) is 5.03. The molecule has 4 aromatic rings. The molecule has 35 heavy (non-hydrogen) atoms. The number of para-hydroxylation sites is 2. The van der Waals surface area contributed by atoms with Gasteiger partial charge in [-0.2, -0.15) is 0 Å². The van der Waals surface area contributed by atoms with Gasteiger partial charge >= 0.3 is 6.03 Å². The number of carbonyl (C=O) groups excluding carboxylic acids is 2. The van der Waals surface area contributed by atoms with Crippen LogP contribution in [0.25, 0.3) is 17.1 Å². The van der Waals surface area contributed by atoms with Crippen molar-refractivity contribution in [3.05, 3.63) is 84.4 Å². The molecule has 2 N–H and O–H groups in total. The zero-order valence-electron chi connectivity index (χ0n) is 19.1. The Labute approximate surface area is 206 Å². The molecule has 0 aliphatic heterocycles. The number of halogens is 1. The summed E-state index contributed by atoms with van der Waals surface area (Å²) in [5, 5.41) is 13.7. The van der Waals surface area contributed by atoms with Gasteiger partial charge in [0.15, 0.2) is 11.0 Å². The molecule has 0 radical (unpaired) electrons. The van der Waals surface area contributed by atoms with Crippen molar-refractivity contribution in [2.75, 3.05) is 11.1 Å². The van der Waals surface area contributed by atoms with E-state index < -0.39 is 17.8 Å². The third-order valence-corrected chi connectivity index (χ3v) is 5.99. The minimum Gasteiger partial charge on any atom is -0.305 e. The van der Waals surface area contributed by atoms with Gasteiger partial charge in [0.25, 0.3) is 0 Å². The largest absolute Gasteiger partial charge is 0.325 e. The van der Waals surface area contributed by atoms with Gasteiger partial charge in [-0.1, -0.05) is 55.9 Å². The van der Waals surface area contributed by atoms with Gasteiger partial charge < -0.3 is 5.32 Å². The average Bonchev–Trinajstić information content (AvgIpc) is 3.28. The molecule has 0 aliphatic carbocycles. The molecule has 8 nitrogen and oxygen atoms in total. The van der Waals surface area contributed by atoms with Crippen LogP contribution in [0.4, 0.5) is 14.9 Å². The average molecular weight is 491 g/mol. The fourth-order valence-electron chi connectivity index (χ4n) is 3.45. The lowest BCUT2D eigenvalue weighted by Gasteiger charge is -2.16. The van der Waals surface area contributed by atoms with Crippen LogP contribution in [0.15, 0.2) is 78.2 Å². The molecule has 0 saturated heterocycles. The van der Waals surface area contributed by atoms with E-state index in [1.807, 2.05) is 41.0 Å². The zero-order chi connectivity index (χ0) is 24.8. The molecule has 0 unspecified atom stereocenters. The first kappa shape index (κ1) is 24.1. The number of thioether (sulfide) groups is 1. The highest BCUT2D eigenvalue weighted by atomic mass is 32.2. The van der Waals surface area contributed by atoms with E-state index in [1.165, 1.54) is 18.2 Å². The Balaban J connectivity index is 1.55. The molecular weight excluding hydrogens is 467 g/mol. The van der Waals surface area contributed by atoms with Gasteiger partial charge in [-0.25, -0.2) is 9.18 Å². The maximum Gasteiger partial charge on any atom is 0.325 e. The summed E-state index contributed by atoms with van der Waals surface area (Å²) in [5.74, 6) is -0.424. The number of hydrogen-bond donors (Lipinski definition) is 2. The van der Waals surface area contributed by atoms with E-state index in [2.05, 4.69) is 39.7 Å². The summed E-state index contributed by atoms with van der Waals surface area (Å²) in [5.41, 5.74) is 2.75. The van der Waals surface area contributed by atoms with Crippen molar-refractivity contribution in [2.45, 2.75) is 24.9 Å². The van der Waals surface area contributed by atoms with E-state index in [0.717, 1.165) is 28.6 Å². The summed E-state index contributed by atoms with van der Waals surface area (Å²) < 4.78 is 15.6. The van der Waals surface area contributed by atoms with Crippen molar-refractivity contribution in [3.63, 3.8) is 0 Å². The van der Waals surface area contributed by atoms with Crippen molar-refractivity contribution >= 4 is 29.4 Å². The topological polar surface area (TPSA) is 102 Å². The number of benzene rings is 2. The lowest BCUT2D eigenvalue weighted by Crippen LogP contribution is -2.35. The molecule has 0 aliphatic rings. The number of imide groups is 1. The van der Waals surface area contributed by atoms with Crippen LogP contribution in [-0.4, -0.2) is 37.4 Å². The number of urea groups is 1. The third kappa shape index (κ3) is 5.72. The highest BCUT2D eigenvalue weighted by Gasteiger charge is 2.21. The maximum absolute atomic E-state index is 13.7. The highest BCUT2D eigenvalue weighted by molar-refractivity contribution is 7.99. The number of hydrogen-bond acceptors (Lipinski definition) is 6. The van der Waals surface area contributed by atoms with Crippen LogP contribution in [0.3, 0.4) is 0 Å². The number of amides is 3. The molecule has 0 bridgehead atoms. The number of nitrogens with one attached hydrogen (secondary N) is 2. The van der Waals surface area contributed by atoms with Gasteiger partial charge in [0.1, 0.15) is 5.82 Å². The van der Waals surface area contributed by atoms with E-state index in [0.29, 0.717) is 11.0 Å². The Kier molecular flexibility index (Phi) is 7.51. The van der Waals surface area contributed by atoms with E-state index in [9.17, 15) is 14.0 Å². The molecule has 0 fully saturated rings. The van der Waals surface area contributed by atoms with Gasteiger partial charge in [0, 0.05) is 18.0 Å². The number of pyridine rings is 1. The van der Waals surface area contributed by atoms with Gasteiger partial charge in [0.2, 0.25) is 5.91 Å². The normalized spacial score (nSPS) is 10.9. The van der Waals surface area contributed by atoms with E-state index in [4.69, 9.17) is 0 Å². The second-order valence-electron chi connectivity index (χ2n) is 7.87. The van der Waals surface area contributed by atoms with Crippen molar-refractivity contribution in [3.8, 4) is 17.1 Å². The zero-order valence-corrected chi connectivity index (χ0v) is 19.9. The number of anilines is 1. The lowest BCUT2D eigenvalue weighted by molar-refractivity contribution is -0.117. The molecule has 10 heteroatoms. The van der Waals surface area contributed by atoms with Crippen LogP contribution in [0.5, 0.6) is 0 Å². The van der Waals surface area contributed by atoms with Crippen LogP contribution >= 0.6 is 11.8 Å². The first-order valence-electron chi connectivity index (χ1n) is 10.9. The van der Waals surface area contributed by atoms with Crippen LogP contribution in [0, 0.1) is 5.82 Å². The van der Waals surface area contributed by atoms with Crippen molar-refractivity contribution < 1.29 is 14.0 Å². The fraction of sp³-hybridized carbons (Fsp3) is 0.160. The summed E-state index contributed by atoms with van der Waals surface area (Å²) >= 11 is 1.14. The molecule has 178 valence electrons. The molecule has 2 aromatic heterocycles. The van der Waals surface area contributed by atoms with Gasteiger partial charge in [-0.05, 0) is 41.8 Å². The first-order valence-corrected chi connectivity index (χ1v) is 11.9. The summed E-state index contributed by atoms with van der Waals surface area (Å²) in [7, 11) is 0. The number of aromatic nitrogens is 4. The van der Waals surface area contributed by atoms with Gasteiger partial charge in [0.05, 0.1) is 17.1 Å². The molecule has 0 atom stereocenters. The first-order chi connectivity index (χ1) is 16.9. The molecule has 2 aromatic carbocycles. The fourth-order valence-corrected chi connectivity index (χ4v) is 4.20. The molecule has 0 saturated carbocycles. The molecule has 2 heterocycles. The third-order valence-electron chi connectivity index (χ3n) is 5.06. The highest BCUT2D eigenvalue weighted by Crippen LogP contribution is 2.31. The van der Waals surface area contributed by atoms with E-state index in [-0.39, 0.29) is 17.4 Å². The SMILES string of the molecule is CC(C)c1ccccc1-n1c(SCC(=O)NC(=O)Nc2ccccc2F)nnc1-c1cccnc1. The summed E-state index contributed by atoms with van der Waals surface area (Å²) in [6.07, 6.45) is 3.38. The minimum absolute atomic E-state index is 0.0170. The van der Waals surface area contributed by atoms with Crippen LogP contribution in [-0.2, 0) is 4.79 Å². The van der Waals surface area contributed by atoms with Gasteiger partial charge in [-0.3, -0.25) is 19.7 Å². The maximum atomic E-state index is 13.7. The van der Waals surface area contributed by atoms with Crippen molar-refractivity contribution in [1.82, 2.24) is 25.1 Å². The van der Waals surface area contributed by atoms with E-state index in [1.54, 1.807) is 18.5 Å². The summed E-state index contributed by atoms with van der Waals surface area (Å²) in [6.45, 7) is 4.20. The smallest absolute Gasteiger partial charge is 0.305 e. The predicted molar refractivity (Wildman–Crippen MR) is 133 cm³/mol. The number of nitrogens with zero attached hydrogens (tertiary/aromatic N) is 4. The standard InChI is InChI=1S/C25H23FN6O2S/c1-16(2)18-9-3-6-12-21(18)32-23(17-8-7-13-27-14-17)30-31-25(32)35-15-22(33)29-24(34)28-20-11-5-4-10-19(20)26/h3-14,16H,15H2,1-2H3,(H2,28,29,33,34). The quantitative estimate of drug-likeness (QED) is 0.352. The Morgan fingerprint density at radius 2 is 1.80 bits per heavy atom. The van der Waals surface area contributed by atoms with Crippen LogP contribution in [0.2, 0.25) is 0 Å². The van der Waals surface area contributed by atoms with E-state index >= 15 is 0 Å². The minimum atomic E-state index is -0.816. The molecule has 4 rings (SSSR count). The molecular formula is C25H23FN6O2S. The Morgan fingerprint density at radius 1 is 1.03 bits per heavy atom. The van der Waals surface area contributed by atoms with Crippen molar-refractivity contribution in [2.24, 2.45) is 0 Å².